The molecule has 1 aromatic heterocycles. The van der Waals surface area contributed by atoms with Gasteiger partial charge in [-0.25, -0.2) is 4.39 Å². The van der Waals surface area contributed by atoms with E-state index in [1.165, 1.54) is 12.1 Å². The number of aliphatic hydroxyl groups is 1. The highest BCUT2D eigenvalue weighted by Crippen LogP contribution is 2.47. The molecule has 1 fully saturated rings. The molecule has 1 saturated heterocycles. The van der Waals surface area contributed by atoms with Crippen LogP contribution < -0.4 is 0 Å². The smallest absolute Gasteiger partial charge is 0.383 e. The van der Waals surface area contributed by atoms with E-state index in [0.29, 0.717) is 12.1 Å². The van der Waals surface area contributed by atoms with Crippen molar-refractivity contribution >= 4 is 0 Å². The number of benzene rings is 1. The molecule has 1 N–H and O–H groups in total. The fourth-order valence-electron chi connectivity index (χ4n) is 4.37. The maximum Gasteiger partial charge on any atom is 0.414 e. The number of aryl methyl sites for hydroxylation is 1. The summed E-state index contributed by atoms with van der Waals surface area (Å²) in [7, 11) is 0. The Hall–Kier alpha value is -2.50. The number of hydrogen-bond acceptors (Lipinski definition) is 4. The summed E-state index contributed by atoms with van der Waals surface area (Å²) in [5.74, 6) is -0.699. The van der Waals surface area contributed by atoms with E-state index in [4.69, 9.17) is 5.26 Å². The molecule has 8 heteroatoms. The minimum atomic E-state index is -4.76. The summed E-state index contributed by atoms with van der Waals surface area (Å²) in [4.78, 5) is 6.28. The van der Waals surface area contributed by atoms with Gasteiger partial charge in [0.1, 0.15) is 11.9 Å². The Morgan fingerprint density at radius 2 is 2.00 bits per heavy atom. The number of aliphatic hydroxyl groups excluding tert-OH is 1. The van der Waals surface area contributed by atoms with Gasteiger partial charge >= 0.3 is 6.18 Å². The van der Waals surface area contributed by atoms with Crippen molar-refractivity contribution in [1.29, 1.82) is 5.26 Å². The molecule has 1 aliphatic rings. The second-order valence-corrected chi connectivity index (χ2v) is 8.68. The summed E-state index contributed by atoms with van der Waals surface area (Å²) < 4.78 is 54.7. The largest absolute Gasteiger partial charge is 0.414 e. The first-order valence-corrected chi connectivity index (χ1v) is 10.1. The summed E-state index contributed by atoms with van der Waals surface area (Å²) in [5.41, 5.74) is -0.920. The molecular formula is C23H25F4N3O. The van der Waals surface area contributed by atoms with Gasteiger partial charge in [-0.15, -0.1) is 0 Å². The zero-order chi connectivity index (χ0) is 22.9. The van der Waals surface area contributed by atoms with Gasteiger partial charge in [0.15, 0.2) is 6.10 Å². The molecule has 1 unspecified atom stereocenters. The van der Waals surface area contributed by atoms with Gasteiger partial charge in [0.2, 0.25) is 0 Å². The van der Waals surface area contributed by atoms with Crippen LogP contribution in [0.5, 0.6) is 0 Å². The number of halogens is 4. The van der Waals surface area contributed by atoms with Crippen LogP contribution in [0.3, 0.4) is 0 Å². The van der Waals surface area contributed by atoms with Gasteiger partial charge in [-0.1, -0.05) is 12.1 Å². The average Bonchev–Trinajstić information content (AvgIpc) is 3.18. The van der Waals surface area contributed by atoms with E-state index in [1.807, 2.05) is 30.9 Å². The summed E-state index contributed by atoms with van der Waals surface area (Å²) in [5, 5.41) is 19.2. The molecule has 166 valence electrons. The van der Waals surface area contributed by atoms with Crippen LogP contribution in [0.4, 0.5) is 17.6 Å². The Balaban J connectivity index is 1.86. The highest BCUT2D eigenvalue weighted by atomic mass is 19.4. The van der Waals surface area contributed by atoms with Gasteiger partial charge in [-0.05, 0) is 69.5 Å². The summed E-state index contributed by atoms with van der Waals surface area (Å²) in [6.07, 6.45) is -5.26. The van der Waals surface area contributed by atoms with Crippen LogP contribution in [-0.2, 0) is 12.0 Å². The van der Waals surface area contributed by atoms with Crippen molar-refractivity contribution in [3.05, 3.63) is 65.2 Å². The van der Waals surface area contributed by atoms with Gasteiger partial charge in [-0.2, -0.15) is 18.4 Å². The zero-order valence-corrected chi connectivity index (χ0v) is 17.5. The summed E-state index contributed by atoms with van der Waals surface area (Å²) in [6.45, 7) is 4.22. The van der Waals surface area contributed by atoms with Gasteiger partial charge in [-0.3, -0.25) is 9.88 Å². The topological polar surface area (TPSA) is 60.2 Å². The Kier molecular flexibility index (Phi) is 6.40. The lowest BCUT2D eigenvalue weighted by atomic mass is 9.75. The highest BCUT2D eigenvalue weighted by molar-refractivity contribution is 5.33. The quantitative estimate of drug-likeness (QED) is 0.675. The van der Waals surface area contributed by atoms with Crippen LogP contribution in [0.25, 0.3) is 0 Å². The zero-order valence-electron chi connectivity index (χ0n) is 17.5. The van der Waals surface area contributed by atoms with Crippen molar-refractivity contribution in [3.63, 3.8) is 0 Å². The van der Waals surface area contributed by atoms with E-state index < -0.39 is 29.1 Å². The second-order valence-electron chi connectivity index (χ2n) is 8.68. The molecule has 0 amide bonds. The Bertz CT molecular complexity index is 956. The highest BCUT2D eigenvalue weighted by Gasteiger charge is 2.56. The van der Waals surface area contributed by atoms with E-state index in [2.05, 4.69) is 4.98 Å². The second kappa shape index (κ2) is 8.56. The minimum absolute atomic E-state index is 0.0355. The van der Waals surface area contributed by atoms with E-state index >= 15 is 0 Å². The van der Waals surface area contributed by atoms with Gasteiger partial charge in [0.05, 0.1) is 16.8 Å². The van der Waals surface area contributed by atoms with Crippen molar-refractivity contribution in [1.82, 2.24) is 9.88 Å². The van der Waals surface area contributed by atoms with Crippen molar-refractivity contribution in [3.8, 4) is 6.07 Å². The number of pyridine rings is 1. The Morgan fingerprint density at radius 1 is 1.26 bits per heavy atom. The molecule has 31 heavy (non-hydrogen) atoms. The standard InChI is InChI=1S/C23H25F4N3O/c1-21(2,19-5-3-4-11-29-19)30-12-10-22(15-30,20(31)23(25,26)27)9-8-16-6-7-17(14-28)18(24)13-16/h3-7,11,13,20,31H,8-10,12,15H2,1-2H3/t20?,22-/m1/s1. The van der Waals surface area contributed by atoms with Crippen molar-refractivity contribution in [2.75, 3.05) is 13.1 Å². The molecule has 2 atom stereocenters. The number of alkyl halides is 3. The average molecular weight is 435 g/mol. The number of nitriles is 1. The fourth-order valence-corrected chi connectivity index (χ4v) is 4.37. The molecule has 0 saturated carbocycles. The minimum Gasteiger partial charge on any atom is -0.383 e. The van der Waals surface area contributed by atoms with Gasteiger partial charge < -0.3 is 5.11 Å². The van der Waals surface area contributed by atoms with E-state index in [1.54, 1.807) is 24.4 Å². The Morgan fingerprint density at radius 3 is 2.58 bits per heavy atom. The van der Waals surface area contributed by atoms with E-state index in [9.17, 15) is 22.7 Å². The lowest BCUT2D eigenvalue weighted by Crippen LogP contribution is -2.49. The first kappa shape index (κ1) is 23.2. The molecule has 4 nitrogen and oxygen atoms in total. The van der Waals surface area contributed by atoms with Crippen LogP contribution in [0.15, 0.2) is 42.6 Å². The van der Waals surface area contributed by atoms with Crippen LogP contribution >= 0.6 is 0 Å². The molecule has 0 spiro atoms. The van der Waals surface area contributed by atoms with Crippen LogP contribution in [0.1, 0.15) is 43.5 Å². The maximum absolute atomic E-state index is 13.9. The molecule has 2 heterocycles. The van der Waals surface area contributed by atoms with Crippen LogP contribution in [0.2, 0.25) is 0 Å². The molecule has 1 aromatic carbocycles. The molecule has 1 aliphatic heterocycles. The number of nitrogens with zero attached hydrogens (tertiary/aromatic N) is 3. The molecule has 3 rings (SSSR count). The van der Waals surface area contributed by atoms with Crippen molar-refractivity contribution in [2.24, 2.45) is 5.41 Å². The van der Waals surface area contributed by atoms with Crippen LogP contribution in [-0.4, -0.2) is 40.4 Å². The predicted octanol–water partition coefficient (Wildman–Crippen LogP) is 4.58. The lowest BCUT2D eigenvalue weighted by molar-refractivity contribution is -0.239. The third kappa shape index (κ3) is 4.73. The number of rotatable bonds is 6. The molecule has 0 radical (unpaired) electrons. The van der Waals surface area contributed by atoms with Gasteiger partial charge in [0.25, 0.3) is 0 Å². The molecular weight excluding hydrogens is 410 g/mol. The fraction of sp³-hybridized carbons (Fsp3) is 0.478. The van der Waals surface area contributed by atoms with Gasteiger partial charge in [0, 0.05) is 18.2 Å². The SMILES string of the molecule is CC(C)(c1ccccn1)N1CC[C@@](CCc2ccc(C#N)c(F)c2)(C(O)C(F)(F)F)C1. The first-order chi connectivity index (χ1) is 14.5. The van der Waals surface area contributed by atoms with E-state index in [-0.39, 0.29) is 31.4 Å². The lowest BCUT2D eigenvalue weighted by Gasteiger charge is -2.39. The summed E-state index contributed by atoms with van der Waals surface area (Å²) in [6, 6.07) is 11.2. The van der Waals surface area contributed by atoms with Crippen LogP contribution in [0, 0.1) is 22.6 Å². The third-order valence-corrected chi connectivity index (χ3v) is 6.42. The van der Waals surface area contributed by atoms with E-state index in [0.717, 1.165) is 5.69 Å². The molecule has 2 aromatic rings. The predicted molar refractivity (Wildman–Crippen MR) is 107 cm³/mol. The monoisotopic (exact) mass is 435 g/mol. The van der Waals surface area contributed by atoms with Crippen molar-refractivity contribution < 1.29 is 22.7 Å². The first-order valence-electron chi connectivity index (χ1n) is 10.1. The van der Waals surface area contributed by atoms with Crippen molar-refractivity contribution in [2.45, 2.75) is 50.9 Å². The number of hydrogen-bond donors (Lipinski definition) is 1. The summed E-state index contributed by atoms with van der Waals surface area (Å²) >= 11 is 0. The molecule has 0 aliphatic carbocycles. The third-order valence-electron chi connectivity index (χ3n) is 6.42. The number of aromatic nitrogens is 1. The number of likely N-dealkylation sites (tertiary alicyclic amines) is 1. The normalized spacial score (nSPS) is 21.1. The Labute approximate surface area is 179 Å². The molecule has 0 bridgehead atoms. The maximum atomic E-state index is 13.9.